The molecule has 1 heterocycles. The third-order valence-corrected chi connectivity index (χ3v) is 4.20. The smallest absolute Gasteiger partial charge is 0.124 e. The van der Waals surface area contributed by atoms with Crippen LogP contribution in [-0.2, 0) is 0 Å². The van der Waals surface area contributed by atoms with Gasteiger partial charge in [-0.15, -0.1) is 0 Å². The van der Waals surface area contributed by atoms with Gasteiger partial charge in [-0.2, -0.15) is 5.26 Å². The molecule has 1 unspecified atom stereocenters. The van der Waals surface area contributed by atoms with Gasteiger partial charge in [0.25, 0.3) is 0 Å². The zero-order valence-electron chi connectivity index (χ0n) is 12.4. The highest BCUT2D eigenvalue weighted by Crippen LogP contribution is 2.26. The number of likely N-dealkylation sites (N-methyl/N-ethyl adjacent to an activating group) is 1. The standard InChI is InChI=1S/C16H23N3/c1-12-9-14(3)15(10-13(12)2)16(11-17)19-7-5-18(4)6-8-19/h9-10,16H,5-8H2,1-4H3. The average molecular weight is 257 g/mol. The van der Waals surface area contributed by atoms with Gasteiger partial charge in [0.2, 0.25) is 0 Å². The summed E-state index contributed by atoms with van der Waals surface area (Å²) in [6.07, 6.45) is 0. The number of hydrogen-bond acceptors (Lipinski definition) is 3. The van der Waals surface area contributed by atoms with E-state index < -0.39 is 0 Å². The molecule has 1 aromatic rings. The van der Waals surface area contributed by atoms with Crippen molar-refractivity contribution < 1.29 is 0 Å². The zero-order valence-corrected chi connectivity index (χ0v) is 12.4. The lowest BCUT2D eigenvalue weighted by atomic mass is 9.95. The molecule has 0 aliphatic carbocycles. The summed E-state index contributed by atoms with van der Waals surface area (Å²) < 4.78 is 0. The van der Waals surface area contributed by atoms with Crippen molar-refractivity contribution >= 4 is 0 Å². The van der Waals surface area contributed by atoms with Crippen LogP contribution in [0.1, 0.15) is 28.3 Å². The highest BCUT2D eigenvalue weighted by atomic mass is 15.3. The number of aryl methyl sites for hydroxylation is 3. The molecule has 1 aromatic carbocycles. The Kier molecular flexibility index (Phi) is 4.24. The highest BCUT2D eigenvalue weighted by Gasteiger charge is 2.25. The van der Waals surface area contributed by atoms with Crippen LogP contribution < -0.4 is 0 Å². The summed E-state index contributed by atoms with van der Waals surface area (Å²) in [6.45, 7) is 10.4. The number of benzene rings is 1. The first kappa shape index (κ1) is 14.0. The van der Waals surface area contributed by atoms with E-state index in [9.17, 15) is 5.26 Å². The maximum Gasteiger partial charge on any atom is 0.124 e. The average Bonchev–Trinajstić information content (AvgIpc) is 2.38. The predicted octanol–water partition coefficient (Wildman–Crippen LogP) is 2.42. The van der Waals surface area contributed by atoms with Gasteiger partial charge in [0.1, 0.15) is 6.04 Å². The minimum Gasteiger partial charge on any atom is -0.304 e. The fourth-order valence-electron chi connectivity index (χ4n) is 2.71. The van der Waals surface area contributed by atoms with Gasteiger partial charge in [0.15, 0.2) is 0 Å². The lowest BCUT2D eigenvalue weighted by molar-refractivity contribution is 0.132. The molecule has 102 valence electrons. The van der Waals surface area contributed by atoms with Crippen LogP contribution in [0.5, 0.6) is 0 Å². The summed E-state index contributed by atoms with van der Waals surface area (Å²) in [5.74, 6) is 0. The molecule has 3 heteroatoms. The van der Waals surface area contributed by atoms with Gasteiger partial charge in [-0.3, -0.25) is 4.90 Å². The van der Waals surface area contributed by atoms with Crippen LogP contribution >= 0.6 is 0 Å². The minimum atomic E-state index is -0.104. The van der Waals surface area contributed by atoms with Crippen molar-refractivity contribution in [2.45, 2.75) is 26.8 Å². The second-order valence-corrected chi connectivity index (χ2v) is 5.66. The second-order valence-electron chi connectivity index (χ2n) is 5.66. The van der Waals surface area contributed by atoms with Crippen LogP contribution in [0.15, 0.2) is 12.1 Å². The van der Waals surface area contributed by atoms with Crippen molar-refractivity contribution in [2.24, 2.45) is 0 Å². The Labute approximate surface area is 116 Å². The van der Waals surface area contributed by atoms with Crippen LogP contribution in [0.4, 0.5) is 0 Å². The molecule has 0 aromatic heterocycles. The SMILES string of the molecule is Cc1cc(C)c(C(C#N)N2CCN(C)CC2)cc1C. The molecule has 0 amide bonds. The second kappa shape index (κ2) is 5.73. The van der Waals surface area contributed by atoms with E-state index in [1.807, 2.05) is 0 Å². The molecule has 1 aliphatic rings. The van der Waals surface area contributed by atoms with Gasteiger partial charge in [-0.25, -0.2) is 0 Å². The van der Waals surface area contributed by atoms with Crippen molar-refractivity contribution in [3.8, 4) is 6.07 Å². The topological polar surface area (TPSA) is 30.3 Å². The number of rotatable bonds is 2. The number of hydrogen-bond donors (Lipinski definition) is 0. The monoisotopic (exact) mass is 257 g/mol. The largest absolute Gasteiger partial charge is 0.304 e. The Morgan fingerprint density at radius 2 is 1.58 bits per heavy atom. The normalized spacial score (nSPS) is 19.1. The summed E-state index contributed by atoms with van der Waals surface area (Å²) >= 11 is 0. The number of nitriles is 1. The summed E-state index contributed by atoms with van der Waals surface area (Å²) in [7, 11) is 2.14. The van der Waals surface area contributed by atoms with E-state index in [0.717, 1.165) is 26.2 Å². The molecule has 1 atom stereocenters. The molecule has 0 saturated carbocycles. The van der Waals surface area contributed by atoms with Crippen LogP contribution in [0.25, 0.3) is 0 Å². The van der Waals surface area contributed by atoms with Gasteiger partial charge < -0.3 is 4.90 Å². The van der Waals surface area contributed by atoms with Crippen LogP contribution in [0, 0.1) is 32.1 Å². The molecule has 0 radical (unpaired) electrons. The number of piperazine rings is 1. The molecular formula is C16H23N3. The minimum absolute atomic E-state index is 0.104. The zero-order chi connectivity index (χ0) is 14.0. The van der Waals surface area contributed by atoms with E-state index in [1.165, 1.54) is 22.3 Å². The van der Waals surface area contributed by atoms with Crippen molar-refractivity contribution in [1.82, 2.24) is 9.80 Å². The lowest BCUT2D eigenvalue weighted by Crippen LogP contribution is -2.45. The Hall–Kier alpha value is -1.37. The van der Waals surface area contributed by atoms with Crippen LogP contribution in [-0.4, -0.2) is 43.0 Å². The Balaban J connectivity index is 2.28. The van der Waals surface area contributed by atoms with Crippen molar-refractivity contribution in [3.63, 3.8) is 0 Å². The first-order valence-corrected chi connectivity index (χ1v) is 6.93. The number of nitrogens with zero attached hydrogens (tertiary/aromatic N) is 3. The van der Waals surface area contributed by atoms with E-state index in [1.54, 1.807) is 0 Å². The fraction of sp³-hybridized carbons (Fsp3) is 0.562. The molecule has 1 aliphatic heterocycles. The predicted molar refractivity (Wildman–Crippen MR) is 78.1 cm³/mol. The molecule has 3 nitrogen and oxygen atoms in total. The van der Waals surface area contributed by atoms with Gasteiger partial charge >= 0.3 is 0 Å². The fourth-order valence-corrected chi connectivity index (χ4v) is 2.71. The Morgan fingerprint density at radius 1 is 1.00 bits per heavy atom. The van der Waals surface area contributed by atoms with Gasteiger partial charge in [0.05, 0.1) is 6.07 Å². The van der Waals surface area contributed by atoms with Crippen LogP contribution in [0.3, 0.4) is 0 Å². The third kappa shape index (κ3) is 2.97. The molecule has 0 spiro atoms. The summed E-state index contributed by atoms with van der Waals surface area (Å²) in [5, 5.41) is 9.58. The van der Waals surface area contributed by atoms with Crippen LogP contribution in [0.2, 0.25) is 0 Å². The van der Waals surface area contributed by atoms with E-state index >= 15 is 0 Å². The van der Waals surface area contributed by atoms with E-state index in [2.05, 4.69) is 55.8 Å². The Bertz CT molecular complexity index is 493. The molecule has 1 saturated heterocycles. The molecule has 0 bridgehead atoms. The molecular weight excluding hydrogens is 234 g/mol. The quantitative estimate of drug-likeness (QED) is 0.815. The van der Waals surface area contributed by atoms with Gasteiger partial charge in [0, 0.05) is 26.2 Å². The van der Waals surface area contributed by atoms with E-state index in [-0.39, 0.29) is 6.04 Å². The Morgan fingerprint density at radius 3 is 2.16 bits per heavy atom. The lowest BCUT2D eigenvalue weighted by Gasteiger charge is -2.35. The molecule has 1 fully saturated rings. The summed E-state index contributed by atoms with van der Waals surface area (Å²) in [5.41, 5.74) is 4.98. The van der Waals surface area contributed by atoms with E-state index in [4.69, 9.17) is 0 Å². The highest BCUT2D eigenvalue weighted by molar-refractivity contribution is 5.40. The van der Waals surface area contributed by atoms with Crippen molar-refractivity contribution in [2.75, 3.05) is 33.2 Å². The molecule has 0 N–H and O–H groups in total. The van der Waals surface area contributed by atoms with Gasteiger partial charge in [-0.05, 0) is 50.1 Å². The summed E-state index contributed by atoms with van der Waals surface area (Å²) in [4.78, 5) is 4.62. The molecule has 19 heavy (non-hydrogen) atoms. The maximum absolute atomic E-state index is 9.58. The molecule has 2 rings (SSSR count). The first-order valence-electron chi connectivity index (χ1n) is 6.93. The van der Waals surface area contributed by atoms with E-state index in [0.29, 0.717) is 0 Å². The summed E-state index contributed by atoms with van der Waals surface area (Å²) in [6, 6.07) is 6.78. The maximum atomic E-state index is 9.58. The third-order valence-electron chi connectivity index (χ3n) is 4.20. The van der Waals surface area contributed by atoms with Gasteiger partial charge in [-0.1, -0.05) is 12.1 Å². The van der Waals surface area contributed by atoms with Crippen molar-refractivity contribution in [3.05, 3.63) is 34.4 Å². The first-order chi connectivity index (χ1) is 9.02. The van der Waals surface area contributed by atoms with Crippen molar-refractivity contribution in [1.29, 1.82) is 5.26 Å².